The molecule has 88 valence electrons. The molecule has 0 fully saturated rings. The summed E-state index contributed by atoms with van der Waals surface area (Å²) in [6.07, 6.45) is 1.48. The van der Waals surface area contributed by atoms with E-state index in [2.05, 4.69) is 26.6 Å². The molecule has 0 unspecified atom stereocenters. The Morgan fingerprint density at radius 2 is 2.19 bits per heavy atom. The van der Waals surface area contributed by atoms with E-state index < -0.39 is 0 Å². The summed E-state index contributed by atoms with van der Waals surface area (Å²) in [5, 5.41) is 6.04. The van der Waals surface area contributed by atoms with Crippen molar-refractivity contribution in [2.75, 3.05) is 18.4 Å². The fourth-order valence-corrected chi connectivity index (χ4v) is 1.67. The first kappa shape index (κ1) is 13.0. The Hall–Kier alpha value is -1.03. The van der Waals surface area contributed by atoms with Crippen LogP contribution < -0.4 is 10.6 Å². The van der Waals surface area contributed by atoms with Crippen LogP contribution in [0.2, 0.25) is 0 Å². The van der Waals surface area contributed by atoms with Crippen molar-refractivity contribution in [3.63, 3.8) is 0 Å². The fourth-order valence-electron chi connectivity index (χ4n) is 1.27. The van der Waals surface area contributed by atoms with E-state index in [1.807, 2.05) is 31.2 Å². The van der Waals surface area contributed by atoms with E-state index in [9.17, 15) is 4.79 Å². The van der Waals surface area contributed by atoms with Gasteiger partial charge >= 0.3 is 0 Å². The summed E-state index contributed by atoms with van der Waals surface area (Å²) in [6, 6.07) is 7.90. The van der Waals surface area contributed by atoms with Gasteiger partial charge in [-0.2, -0.15) is 0 Å². The molecule has 2 N–H and O–H groups in total. The average Bonchev–Trinajstić information content (AvgIpc) is 2.26. The second-order valence-corrected chi connectivity index (χ2v) is 4.45. The largest absolute Gasteiger partial charge is 0.384 e. The maximum Gasteiger partial charge on any atom is 0.221 e. The molecule has 0 radical (unpaired) electrons. The molecule has 1 amide bonds. The minimum absolute atomic E-state index is 0.101. The molecule has 0 saturated carbocycles. The molecule has 1 aromatic rings. The predicted molar refractivity (Wildman–Crippen MR) is 70.5 cm³/mol. The summed E-state index contributed by atoms with van der Waals surface area (Å²) in [7, 11) is 0. The Morgan fingerprint density at radius 3 is 2.88 bits per heavy atom. The number of amides is 1. The third-order valence-corrected chi connectivity index (χ3v) is 2.57. The number of nitrogens with one attached hydrogen (secondary N) is 2. The third-order valence-electron chi connectivity index (χ3n) is 2.08. The Bertz CT molecular complexity index is 342. The van der Waals surface area contributed by atoms with Gasteiger partial charge in [0.2, 0.25) is 5.91 Å². The Kier molecular flexibility index (Phi) is 5.93. The van der Waals surface area contributed by atoms with E-state index in [-0.39, 0.29) is 5.91 Å². The molecule has 1 aromatic carbocycles. The first-order valence-corrected chi connectivity index (χ1v) is 6.28. The minimum atomic E-state index is 0.101. The summed E-state index contributed by atoms with van der Waals surface area (Å²) in [6.45, 7) is 3.46. The number of hydrogen-bond acceptors (Lipinski definition) is 2. The zero-order chi connectivity index (χ0) is 11.8. The van der Waals surface area contributed by atoms with Crippen LogP contribution in [0.25, 0.3) is 0 Å². The minimum Gasteiger partial charge on any atom is -0.384 e. The standard InChI is InChI=1S/C12H17BrN2O/c1-2-7-15-12(16)6-8-14-11-5-3-4-10(13)9-11/h3-5,9,14H,2,6-8H2,1H3,(H,15,16). The summed E-state index contributed by atoms with van der Waals surface area (Å²) >= 11 is 3.40. The molecule has 0 spiro atoms. The van der Waals surface area contributed by atoms with Crippen LogP contribution in [0, 0.1) is 0 Å². The van der Waals surface area contributed by atoms with Gasteiger partial charge in [0.05, 0.1) is 0 Å². The highest BCUT2D eigenvalue weighted by Gasteiger charge is 1.99. The first-order chi connectivity index (χ1) is 7.72. The predicted octanol–water partition coefficient (Wildman–Crippen LogP) is 2.78. The van der Waals surface area contributed by atoms with Crippen molar-refractivity contribution in [3.05, 3.63) is 28.7 Å². The number of carbonyl (C=O) groups is 1. The molecule has 0 bridgehead atoms. The van der Waals surface area contributed by atoms with E-state index in [0.29, 0.717) is 13.0 Å². The van der Waals surface area contributed by atoms with Crippen molar-refractivity contribution >= 4 is 27.5 Å². The van der Waals surface area contributed by atoms with Gasteiger partial charge in [-0.3, -0.25) is 4.79 Å². The number of halogens is 1. The molecule has 0 atom stereocenters. The van der Waals surface area contributed by atoms with E-state index in [4.69, 9.17) is 0 Å². The number of rotatable bonds is 6. The van der Waals surface area contributed by atoms with Crippen molar-refractivity contribution in [3.8, 4) is 0 Å². The second kappa shape index (κ2) is 7.28. The fraction of sp³-hybridized carbons (Fsp3) is 0.417. The molecule has 0 aliphatic rings. The van der Waals surface area contributed by atoms with Gasteiger partial charge in [-0.05, 0) is 24.6 Å². The molecule has 1 rings (SSSR count). The van der Waals surface area contributed by atoms with Gasteiger partial charge in [0.25, 0.3) is 0 Å². The Morgan fingerprint density at radius 1 is 1.38 bits per heavy atom. The lowest BCUT2D eigenvalue weighted by atomic mass is 10.3. The van der Waals surface area contributed by atoms with Crippen LogP contribution in [0.15, 0.2) is 28.7 Å². The van der Waals surface area contributed by atoms with Crippen molar-refractivity contribution in [2.45, 2.75) is 19.8 Å². The monoisotopic (exact) mass is 284 g/mol. The van der Waals surface area contributed by atoms with Crippen molar-refractivity contribution in [2.24, 2.45) is 0 Å². The zero-order valence-corrected chi connectivity index (χ0v) is 11.0. The van der Waals surface area contributed by atoms with E-state index in [1.54, 1.807) is 0 Å². The van der Waals surface area contributed by atoms with Crippen LogP contribution in [-0.4, -0.2) is 19.0 Å². The molecule has 0 aromatic heterocycles. The van der Waals surface area contributed by atoms with Crippen LogP contribution in [0.3, 0.4) is 0 Å². The van der Waals surface area contributed by atoms with Crippen LogP contribution in [0.4, 0.5) is 5.69 Å². The van der Waals surface area contributed by atoms with Gasteiger partial charge < -0.3 is 10.6 Å². The SMILES string of the molecule is CCCNC(=O)CCNc1cccc(Br)c1. The normalized spacial score (nSPS) is 9.88. The molecule has 0 heterocycles. The summed E-state index contributed by atoms with van der Waals surface area (Å²) in [5.74, 6) is 0.101. The van der Waals surface area contributed by atoms with Crippen molar-refractivity contribution < 1.29 is 4.79 Å². The number of hydrogen-bond donors (Lipinski definition) is 2. The van der Waals surface area contributed by atoms with Gasteiger partial charge in [0.15, 0.2) is 0 Å². The number of benzene rings is 1. The zero-order valence-electron chi connectivity index (χ0n) is 9.42. The van der Waals surface area contributed by atoms with Gasteiger partial charge in [-0.1, -0.05) is 28.9 Å². The molecule has 0 aliphatic heterocycles. The second-order valence-electron chi connectivity index (χ2n) is 3.54. The van der Waals surface area contributed by atoms with E-state index in [1.165, 1.54) is 0 Å². The number of carbonyl (C=O) groups excluding carboxylic acids is 1. The average molecular weight is 285 g/mol. The maximum atomic E-state index is 11.3. The summed E-state index contributed by atoms with van der Waals surface area (Å²) in [5.41, 5.74) is 1.03. The Balaban J connectivity index is 2.22. The topological polar surface area (TPSA) is 41.1 Å². The van der Waals surface area contributed by atoms with Crippen molar-refractivity contribution in [1.29, 1.82) is 0 Å². The Labute approximate surface area is 105 Å². The summed E-state index contributed by atoms with van der Waals surface area (Å²) < 4.78 is 1.04. The molecule has 0 aliphatic carbocycles. The van der Waals surface area contributed by atoms with Crippen LogP contribution in [-0.2, 0) is 4.79 Å². The third kappa shape index (κ3) is 5.16. The maximum absolute atomic E-state index is 11.3. The van der Waals surface area contributed by atoms with Gasteiger partial charge in [-0.15, -0.1) is 0 Å². The molecule has 16 heavy (non-hydrogen) atoms. The highest BCUT2D eigenvalue weighted by Crippen LogP contribution is 2.15. The molecule has 4 heteroatoms. The van der Waals surface area contributed by atoms with Crippen LogP contribution in [0.5, 0.6) is 0 Å². The van der Waals surface area contributed by atoms with E-state index >= 15 is 0 Å². The molecular weight excluding hydrogens is 268 g/mol. The first-order valence-electron chi connectivity index (χ1n) is 5.48. The quantitative estimate of drug-likeness (QED) is 0.844. The van der Waals surface area contributed by atoms with E-state index in [0.717, 1.165) is 23.1 Å². The number of anilines is 1. The summed E-state index contributed by atoms with van der Waals surface area (Å²) in [4.78, 5) is 11.3. The lowest BCUT2D eigenvalue weighted by Gasteiger charge is -2.07. The highest BCUT2D eigenvalue weighted by molar-refractivity contribution is 9.10. The van der Waals surface area contributed by atoms with Gasteiger partial charge in [-0.25, -0.2) is 0 Å². The smallest absolute Gasteiger partial charge is 0.221 e. The molecule has 0 saturated heterocycles. The van der Waals surface area contributed by atoms with Gasteiger partial charge in [0, 0.05) is 29.7 Å². The van der Waals surface area contributed by atoms with Crippen LogP contribution >= 0.6 is 15.9 Å². The molecule has 3 nitrogen and oxygen atoms in total. The lowest BCUT2D eigenvalue weighted by Crippen LogP contribution is -2.25. The lowest BCUT2D eigenvalue weighted by molar-refractivity contribution is -0.120. The highest BCUT2D eigenvalue weighted by atomic mass is 79.9. The van der Waals surface area contributed by atoms with Crippen LogP contribution in [0.1, 0.15) is 19.8 Å². The molecular formula is C12H17BrN2O. The van der Waals surface area contributed by atoms with Crippen molar-refractivity contribution in [1.82, 2.24) is 5.32 Å². The van der Waals surface area contributed by atoms with Gasteiger partial charge in [0.1, 0.15) is 0 Å².